The van der Waals surface area contributed by atoms with Crippen LogP contribution in [0.5, 0.6) is 11.5 Å². The molecule has 7 N–H and O–H groups in total. The van der Waals surface area contributed by atoms with Gasteiger partial charge in [0.2, 0.25) is 6.29 Å². The van der Waals surface area contributed by atoms with Crippen LogP contribution in [0.15, 0.2) is 59.3 Å². The van der Waals surface area contributed by atoms with Crippen LogP contribution >= 0.6 is 0 Å². The standard InChI is InChI=1S/C20H20O10/c21-9-4-12(23)10-6-16(30-20-18(27)17(26)14(25)7-28-20)19(29-15(10)5-9)8-1-2-11(22)13(24)3-8/h1-6,14-15,17-18,20-27H,7H2/t14-,15?,17-,18+,20?/m1/s1. The fourth-order valence-corrected chi connectivity index (χ4v) is 3.28. The van der Waals surface area contributed by atoms with Crippen molar-refractivity contribution in [3.8, 4) is 11.5 Å². The van der Waals surface area contributed by atoms with Gasteiger partial charge in [-0.3, -0.25) is 0 Å². The minimum Gasteiger partial charge on any atom is -0.508 e. The van der Waals surface area contributed by atoms with E-state index in [-0.39, 0.29) is 46.5 Å². The first-order valence-electron chi connectivity index (χ1n) is 9.03. The first kappa shape index (κ1) is 20.1. The number of hydrogen-bond acceptors (Lipinski definition) is 10. The number of aliphatic hydroxyl groups is 5. The van der Waals surface area contributed by atoms with E-state index in [4.69, 9.17) is 14.2 Å². The van der Waals surface area contributed by atoms with Crippen LogP contribution in [-0.4, -0.2) is 73.1 Å². The summed E-state index contributed by atoms with van der Waals surface area (Å²) in [6.45, 7) is -0.284. The number of aromatic hydroxyl groups is 2. The van der Waals surface area contributed by atoms with Crippen molar-refractivity contribution in [2.24, 2.45) is 0 Å². The van der Waals surface area contributed by atoms with Crippen LogP contribution in [0.1, 0.15) is 5.56 Å². The summed E-state index contributed by atoms with van der Waals surface area (Å²) in [6.07, 6.45) is -2.75. The minimum absolute atomic E-state index is 0.0197. The SMILES string of the molecule is OC1=CC2OC(c3ccc(O)c(O)c3)=C(OC3OC[C@@H](O)[C@@H](O)[C@@H]3O)C=C2C(O)=C1. The Morgan fingerprint density at radius 2 is 1.70 bits per heavy atom. The van der Waals surface area contributed by atoms with Crippen LogP contribution in [0.4, 0.5) is 0 Å². The van der Waals surface area contributed by atoms with Crippen molar-refractivity contribution < 1.29 is 50.0 Å². The molecule has 1 aromatic carbocycles. The number of hydrogen-bond donors (Lipinski definition) is 7. The highest BCUT2D eigenvalue weighted by molar-refractivity contribution is 5.70. The molecule has 3 aliphatic rings. The van der Waals surface area contributed by atoms with Crippen molar-refractivity contribution in [1.82, 2.24) is 0 Å². The Bertz CT molecular complexity index is 976. The van der Waals surface area contributed by atoms with Gasteiger partial charge >= 0.3 is 0 Å². The second kappa shape index (κ2) is 7.58. The second-order valence-corrected chi connectivity index (χ2v) is 7.02. The zero-order chi connectivity index (χ0) is 21.6. The molecular weight excluding hydrogens is 400 g/mol. The van der Waals surface area contributed by atoms with E-state index in [1.54, 1.807) is 0 Å². The lowest BCUT2D eigenvalue weighted by molar-refractivity contribution is -0.257. The van der Waals surface area contributed by atoms with Gasteiger partial charge in [0, 0.05) is 23.3 Å². The van der Waals surface area contributed by atoms with Gasteiger partial charge in [0.05, 0.1) is 6.61 Å². The number of ether oxygens (including phenoxy) is 3. The average molecular weight is 420 g/mol. The Labute approximate surface area is 170 Å². The number of phenols is 2. The maximum absolute atomic E-state index is 10.2. The maximum atomic E-state index is 10.2. The molecule has 0 spiro atoms. The van der Waals surface area contributed by atoms with Crippen LogP contribution < -0.4 is 0 Å². The Kier molecular flexibility index (Phi) is 5.08. The van der Waals surface area contributed by atoms with E-state index in [9.17, 15) is 35.7 Å². The molecule has 2 heterocycles. The topological polar surface area (TPSA) is 169 Å². The van der Waals surface area contributed by atoms with E-state index in [1.165, 1.54) is 30.4 Å². The van der Waals surface area contributed by atoms with Gasteiger partial charge in [-0.15, -0.1) is 0 Å². The highest BCUT2D eigenvalue weighted by Gasteiger charge is 2.40. The van der Waals surface area contributed by atoms with E-state index in [1.807, 2.05) is 0 Å². The number of rotatable bonds is 3. The molecule has 5 atom stereocenters. The van der Waals surface area contributed by atoms with Gasteiger partial charge in [-0.1, -0.05) is 0 Å². The molecule has 0 saturated carbocycles. The number of allylic oxidation sites excluding steroid dienone is 2. The maximum Gasteiger partial charge on any atom is 0.229 e. The lowest BCUT2D eigenvalue weighted by Crippen LogP contribution is -2.53. The Morgan fingerprint density at radius 3 is 2.43 bits per heavy atom. The molecule has 1 aromatic rings. The molecule has 2 unspecified atom stereocenters. The van der Waals surface area contributed by atoms with Gasteiger partial charge in [-0.05, 0) is 24.3 Å². The molecule has 1 fully saturated rings. The molecule has 2 aliphatic heterocycles. The molecule has 4 rings (SSSR count). The van der Waals surface area contributed by atoms with Crippen LogP contribution in [0.2, 0.25) is 0 Å². The molecule has 0 bridgehead atoms. The average Bonchev–Trinajstić information content (AvgIpc) is 2.70. The zero-order valence-corrected chi connectivity index (χ0v) is 15.4. The fourth-order valence-electron chi connectivity index (χ4n) is 3.28. The van der Waals surface area contributed by atoms with Crippen LogP contribution in [0.25, 0.3) is 5.76 Å². The normalized spacial score (nSPS) is 31.2. The Balaban J connectivity index is 1.75. The second-order valence-electron chi connectivity index (χ2n) is 7.02. The molecule has 160 valence electrons. The third-order valence-corrected chi connectivity index (χ3v) is 4.90. The Morgan fingerprint density at radius 1 is 0.933 bits per heavy atom. The molecule has 30 heavy (non-hydrogen) atoms. The van der Waals surface area contributed by atoms with Crippen molar-refractivity contribution in [3.05, 3.63) is 64.8 Å². The highest BCUT2D eigenvalue weighted by atomic mass is 16.7. The summed E-state index contributed by atoms with van der Waals surface area (Å²) in [5, 5.41) is 69.0. The van der Waals surface area contributed by atoms with Gasteiger partial charge in [-0.25, -0.2) is 0 Å². The van der Waals surface area contributed by atoms with Crippen molar-refractivity contribution >= 4 is 5.76 Å². The van der Waals surface area contributed by atoms with E-state index in [0.717, 1.165) is 6.08 Å². The monoisotopic (exact) mass is 420 g/mol. The molecule has 10 heteroatoms. The largest absolute Gasteiger partial charge is 0.508 e. The van der Waals surface area contributed by atoms with E-state index in [0.29, 0.717) is 0 Å². The van der Waals surface area contributed by atoms with Gasteiger partial charge in [0.15, 0.2) is 23.0 Å². The highest BCUT2D eigenvalue weighted by Crippen LogP contribution is 2.39. The van der Waals surface area contributed by atoms with Gasteiger partial charge < -0.3 is 50.0 Å². The van der Waals surface area contributed by atoms with E-state index >= 15 is 0 Å². The third kappa shape index (κ3) is 3.57. The van der Waals surface area contributed by atoms with Gasteiger partial charge in [0.25, 0.3) is 0 Å². The van der Waals surface area contributed by atoms with Crippen molar-refractivity contribution in [3.63, 3.8) is 0 Å². The molecule has 0 aromatic heterocycles. The lowest BCUT2D eigenvalue weighted by Gasteiger charge is -2.36. The summed E-state index contributed by atoms with van der Waals surface area (Å²) in [5.41, 5.74) is 0.531. The predicted octanol–water partition coefficient (Wildman–Crippen LogP) is 0.445. The molecule has 10 nitrogen and oxygen atoms in total. The molecule has 0 radical (unpaired) electrons. The van der Waals surface area contributed by atoms with E-state index < -0.39 is 36.5 Å². The smallest absolute Gasteiger partial charge is 0.229 e. The molecular formula is C20H20O10. The number of phenolic OH excluding ortho intramolecular Hbond substituents is 2. The first-order chi connectivity index (χ1) is 14.2. The summed E-state index contributed by atoms with van der Waals surface area (Å²) < 4.78 is 16.8. The van der Waals surface area contributed by atoms with Crippen molar-refractivity contribution in [2.75, 3.05) is 6.61 Å². The summed E-state index contributed by atoms with van der Waals surface area (Å²) >= 11 is 0. The lowest BCUT2D eigenvalue weighted by atomic mass is 9.97. The van der Waals surface area contributed by atoms with Crippen molar-refractivity contribution in [1.29, 1.82) is 0 Å². The molecule has 1 aliphatic carbocycles. The fraction of sp³-hybridized carbons (Fsp3) is 0.300. The first-order valence-corrected chi connectivity index (χ1v) is 9.03. The number of fused-ring (bicyclic) bond motifs is 1. The summed E-state index contributed by atoms with van der Waals surface area (Å²) in [4.78, 5) is 0. The van der Waals surface area contributed by atoms with Crippen LogP contribution in [0, 0.1) is 0 Å². The number of benzene rings is 1. The molecule has 0 amide bonds. The van der Waals surface area contributed by atoms with Crippen molar-refractivity contribution in [2.45, 2.75) is 30.7 Å². The number of aliphatic hydroxyl groups excluding tert-OH is 5. The predicted molar refractivity (Wildman–Crippen MR) is 99.9 cm³/mol. The molecule has 1 saturated heterocycles. The van der Waals surface area contributed by atoms with Gasteiger partial charge in [0.1, 0.15) is 35.9 Å². The van der Waals surface area contributed by atoms with Crippen LogP contribution in [0.3, 0.4) is 0 Å². The van der Waals surface area contributed by atoms with Gasteiger partial charge in [-0.2, -0.15) is 0 Å². The minimum atomic E-state index is -1.58. The summed E-state index contributed by atoms with van der Waals surface area (Å²) in [5.74, 6) is -1.23. The third-order valence-electron chi connectivity index (χ3n) is 4.90. The summed E-state index contributed by atoms with van der Waals surface area (Å²) in [6, 6.07) is 3.88. The summed E-state index contributed by atoms with van der Waals surface area (Å²) in [7, 11) is 0. The van der Waals surface area contributed by atoms with E-state index in [2.05, 4.69) is 0 Å². The zero-order valence-electron chi connectivity index (χ0n) is 15.4. The quantitative estimate of drug-likeness (QED) is 0.341. The van der Waals surface area contributed by atoms with Crippen LogP contribution in [-0.2, 0) is 14.2 Å². The Hall–Kier alpha value is -3.18.